The molecule has 1 saturated heterocycles. The largest absolute Gasteiger partial charge is 0.388 e. The van der Waals surface area contributed by atoms with Crippen molar-refractivity contribution in [2.45, 2.75) is 57.5 Å². The molecule has 19 heavy (non-hydrogen) atoms. The molecule has 1 unspecified atom stereocenters. The molecule has 0 aromatic carbocycles. The molecule has 110 valence electrons. The smallest absolute Gasteiger partial charge is 0.220 e. The Morgan fingerprint density at radius 2 is 2.11 bits per heavy atom. The first kappa shape index (κ1) is 14.8. The van der Waals surface area contributed by atoms with Gasteiger partial charge in [0.1, 0.15) is 0 Å². The molecule has 2 fully saturated rings. The van der Waals surface area contributed by atoms with Crippen LogP contribution in [0.15, 0.2) is 0 Å². The summed E-state index contributed by atoms with van der Waals surface area (Å²) in [5.74, 6) is 1.28. The minimum Gasteiger partial charge on any atom is -0.388 e. The first-order valence-corrected chi connectivity index (χ1v) is 7.77. The Bertz CT molecular complexity index is 293. The number of amides is 1. The van der Waals surface area contributed by atoms with E-state index in [2.05, 4.69) is 17.6 Å². The lowest BCUT2D eigenvalue weighted by atomic mass is 9.79. The first-order valence-electron chi connectivity index (χ1n) is 7.77. The van der Waals surface area contributed by atoms with Gasteiger partial charge < -0.3 is 15.7 Å². The molecule has 0 radical (unpaired) electrons. The van der Waals surface area contributed by atoms with Gasteiger partial charge in [0.15, 0.2) is 0 Å². The molecule has 1 saturated carbocycles. The summed E-state index contributed by atoms with van der Waals surface area (Å²) >= 11 is 0. The molecule has 0 aromatic heterocycles. The summed E-state index contributed by atoms with van der Waals surface area (Å²) in [6, 6.07) is 0. The standard InChI is InChI=1S/C15H28N2O2/c1-12-4-6-15(19,7-5-12)11-17-14(18)9-13-3-2-8-16-10-13/h12-13,16,19H,2-11H2,1H3,(H,17,18). The van der Waals surface area contributed by atoms with Gasteiger partial charge in [-0.2, -0.15) is 0 Å². The molecular formula is C15H28N2O2. The number of hydrogen-bond acceptors (Lipinski definition) is 3. The molecule has 3 N–H and O–H groups in total. The third-order valence-corrected chi connectivity index (χ3v) is 4.69. The number of rotatable bonds is 4. The number of carbonyl (C=O) groups is 1. The lowest BCUT2D eigenvalue weighted by molar-refractivity contribution is -0.123. The molecule has 1 atom stereocenters. The quantitative estimate of drug-likeness (QED) is 0.723. The van der Waals surface area contributed by atoms with Crippen LogP contribution in [0.4, 0.5) is 0 Å². The molecule has 4 nitrogen and oxygen atoms in total. The minimum absolute atomic E-state index is 0.0979. The number of nitrogens with one attached hydrogen (secondary N) is 2. The van der Waals surface area contributed by atoms with Gasteiger partial charge in [0.05, 0.1) is 5.60 Å². The third kappa shape index (κ3) is 4.77. The monoisotopic (exact) mass is 268 g/mol. The van der Waals surface area contributed by atoms with Crippen LogP contribution in [0.2, 0.25) is 0 Å². The summed E-state index contributed by atoms with van der Waals surface area (Å²) < 4.78 is 0. The van der Waals surface area contributed by atoms with Gasteiger partial charge in [-0.25, -0.2) is 0 Å². The maximum absolute atomic E-state index is 11.9. The van der Waals surface area contributed by atoms with Gasteiger partial charge in [-0.1, -0.05) is 6.92 Å². The molecular weight excluding hydrogens is 240 g/mol. The highest BCUT2D eigenvalue weighted by atomic mass is 16.3. The lowest BCUT2D eigenvalue weighted by Crippen LogP contribution is -2.45. The molecule has 4 heteroatoms. The average molecular weight is 268 g/mol. The zero-order valence-corrected chi connectivity index (χ0v) is 12.1. The molecule has 1 heterocycles. The van der Waals surface area contributed by atoms with E-state index in [0.717, 1.165) is 45.2 Å². The Labute approximate surface area is 116 Å². The van der Waals surface area contributed by atoms with Crippen molar-refractivity contribution >= 4 is 5.91 Å². The maximum atomic E-state index is 11.9. The molecule has 2 aliphatic rings. The Morgan fingerprint density at radius 1 is 1.37 bits per heavy atom. The van der Waals surface area contributed by atoms with Crippen LogP contribution in [0.3, 0.4) is 0 Å². The molecule has 1 amide bonds. The fourth-order valence-corrected chi connectivity index (χ4v) is 3.17. The van der Waals surface area contributed by atoms with Crippen molar-refractivity contribution in [2.24, 2.45) is 11.8 Å². The molecule has 1 aliphatic carbocycles. The SMILES string of the molecule is CC1CCC(O)(CNC(=O)CC2CCCNC2)CC1. The Balaban J connectivity index is 1.67. The Morgan fingerprint density at radius 3 is 2.74 bits per heavy atom. The van der Waals surface area contributed by atoms with Gasteiger partial charge >= 0.3 is 0 Å². The summed E-state index contributed by atoms with van der Waals surface area (Å²) in [4.78, 5) is 11.9. The molecule has 0 spiro atoms. The zero-order valence-electron chi connectivity index (χ0n) is 12.1. The van der Waals surface area contributed by atoms with Crippen molar-refractivity contribution in [3.63, 3.8) is 0 Å². The normalized spacial score (nSPS) is 35.9. The van der Waals surface area contributed by atoms with E-state index >= 15 is 0 Å². The number of aliphatic hydroxyl groups is 1. The second kappa shape index (κ2) is 6.71. The predicted octanol–water partition coefficient (Wildman–Crippen LogP) is 1.43. The molecule has 2 rings (SSSR count). The lowest BCUT2D eigenvalue weighted by Gasteiger charge is -2.35. The summed E-state index contributed by atoms with van der Waals surface area (Å²) in [7, 11) is 0. The summed E-state index contributed by atoms with van der Waals surface area (Å²) in [6.07, 6.45) is 6.68. The minimum atomic E-state index is -0.660. The summed E-state index contributed by atoms with van der Waals surface area (Å²) in [5.41, 5.74) is -0.660. The third-order valence-electron chi connectivity index (χ3n) is 4.69. The second-order valence-electron chi connectivity index (χ2n) is 6.60. The number of carbonyl (C=O) groups excluding carboxylic acids is 1. The number of hydrogen-bond donors (Lipinski definition) is 3. The van der Waals surface area contributed by atoms with Crippen LogP contribution in [0.5, 0.6) is 0 Å². The predicted molar refractivity (Wildman–Crippen MR) is 75.8 cm³/mol. The highest BCUT2D eigenvalue weighted by molar-refractivity contribution is 5.76. The van der Waals surface area contributed by atoms with Crippen molar-refractivity contribution in [1.29, 1.82) is 0 Å². The van der Waals surface area contributed by atoms with E-state index in [0.29, 0.717) is 24.8 Å². The summed E-state index contributed by atoms with van der Waals surface area (Å²) in [5, 5.41) is 16.7. The highest BCUT2D eigenvalue weighted by Crippen LogP contribution is 2.31. The molecule has 0 aromatic rings. The van der Waals surface area contributed by atoms with Crippen molar-refractivity contribution < 1.29 is 9.90 Å². The molecule has 0 bridgehead atoms. The fraction of sp³-hybridized carbons (Fsp3) is 0.933. The van der Waals surface area contributed by atoms with Crippen molar-refractivity contribution in [1.82, 2.24) is 10.6 Å². The van der Waals surface area contributed by atoms with Crippen LogP contribution in [-0.4, -0.2) is 36.2 Å². The van der Waals surface area contributed by atoms with Crippen LogP contribution in [-0.2, 0) is 4.79 Å². The van der Waals surface area contributed by atoms with E-state index in [-0.39, 0.29) is 5.91 Å². The van der Waals surface area contributed by atoms with Gasteiger partial charge in [0.2, 0.25) is 5.91 Å². The number of piperidine rings is 1. The van der Waals surface area contributed by atoms with Crippen molar-refractivity contribution in [3.05, 3.63) is 0 Å². The van der Waals surface area contributed by atoms with Gasteiger partial charge in [0.25, 0.3) is 0 Å². The zero-order chi connectivity index (χ0) is 13.7. The first-order chi connectivity index (χ1) is 9.07. The van der Waals surface area contributed by atoms with E-state index in [1.807, 2.05) is 0 Å². The van der Waals surface area contributed by atoms with Crippen LogP contribution < -0.4 is 10.6 Å². The average Bonchev–Trinajstić information content (AvgIpc) is 2.42. The van der Waals surface area contributed by atoms with E-state index < -0.39 is 5.60 Å². The van der Waals surface area contributed by atoms with E-state index in [1.165, 1.54) is 6.42 Å². The Hall–Kier alpha value is -0.610. The fourth-order valence-electron chi connectivity index (χ4n) is 3.17. The van der Waals surface area contributed by atoms with Gasteiger partial charge in [-0.3, -0.25) is 4.79 Å². The van der Waals surface area contributed by atoms with Crippen molar-refractivity contribution in [3.8, 4) is 0 Å². The summed E-state index contributed by atoms with van der Waals surface area (Å²) in [6.45, 7) is 4.69. The van der Waals surface area contributed by atoms with Crippen molar-refractivity contribution in [2.75, 3.05) is 19.6 Å². The van der Waals surface area contributed by atoms with Crippen LogP contribution in [0.25, 0.3) is 0 Å². The molecule has 1 aliphatic heterocycles. The van der Waals surface area contributed by atoms with E-state index in [4.69, 9.17) is 0 Å². The van der Waals surface area contributed by atoms with Gasteiger partial charge in [-0.05, 0) is 63.5 Å². The highest BCUT2D eigenvalue weighted by Gasteiger charge is 2.32. The van der Waals surface area contributed by atoms with Crippen LogP contribution in [0.1, 0.15) is 51.9 Å². The van der Waals surface area contributed by atoms with E-state index in [1.54, 1.807) is 0 Å². The van der Waals surface area contributed by atoms with Gasteiger partial charge in [0, 0.05) is 13.0 Å². The van der Waals surface area contributed by atoms with Crippen LogP contribution in [0, 0.1) is 11.8 Å². The maximum Gasteiger partial charge on any atom is 0.220 e. The van der Waals surface area contributed by atoms with Gasteiger partial charge in [-0.15, -0.1) is 0 Å². The van der Waals surface area contributed by atoms with E-state index in [9.17, 15) is 9.90 Å². The van der Waals surface area contributed by atoms with Crippen LogP contribution >= 0.6 is 0 Å². The second-order valence-corrected chi connectivity index (χ2v) is 6.60. The topological polar surface area (TPSA) is 61.4 Å². The Kier molecular flexibility index (Phi) is 5.22.